The maximum absolute atomic E-state index is 14.0. The summed E-state index contributed by atoms with van der Waals surface area (Å²) in [5.41, 5.74) is -2.13. The van der Waals surface area contributed by atoms with Crippen molar-refractivity contribution in [1.29, 1.82) is 0 Å². The van der Waals surface area contributed by atoms with Crippen LogP contribution >= 0.6 is 15.9 Å². The quantitative estimate of drug-likeness (QED) is 0.619. The number of alkyl halides is 7. The highest BCUT2D eigenvalue weighted by Gasteiger charge is 2.75. The number of halogens is 8. The minimum atomic E-state index is -6.51. The zero-order valence-corrected chi connectivity index (χ0v) is 13.8. The van der Waals surface area contributed by atoms with Gasteiger partial charge in [0.1, 0.15) is 0 Å². The zero-order valence-electron chi connectivity index (χ0n) is 12.2. The van der Waals surface area contributed by atoms with Gasteiger partial charge in [0.15, 0.2) is 5.69 Å². The third kappa shape index (κ3) is 3.05. The molecule has 1 heterocycles. The van der Waals surface area contributed by atoms with E-state index in [1.807, 2.05) is 0 Å². The van der Waals surface area contributed by atoms with E-state index in [2.05, 4.69) is 21.0 Å². The number of benzene rings is 1. The highest BCUT2D eigenvalue weighted by atomic mass is 79.9. The summed E-state index contributed by atoms with van der Waals surface area (Å²) in [6, 6.07) is 7.18. The molecule has 1 aromatic heterocycles. The molecule has 0 fully saturated rings. The first-order valence-corrected chi connectivity index (χ1v) is 7.29. The first-order chi connectivity index (χ1) is 11.3. The van der Waals surface area contributed by atoms with E-state index in [9.17, 15) is 35.5 Å². The van der Waals surface area contributed by atoms with E-state index in [1.165, 1.54) is 24.3 Å². The first kappa shape index (κ1) is 19.4. The van der Waals surface area contributed by atoms with Crippen LogP contribution in [0.2, 0.25) is 0 Å². The molecule has 1 aromatic carbocycles. The number of nitrogens with zero attached hydrogens (tertiary/aromatic N) is 2. The molecule has 0 atom stereocenters. The summed E-state index contributed by atoms with van der Waals surface area (Å²) >= 11 is 2.59. The van der Waals surface area contributed by atoms with Gasteiger partial charge in [-0.2, -0.15) is 40.5 Å². The number of carbonyl (C=O) groups excluding carboxylic acids is 1. The fourth-order valence-electron chi connectivity index (χ4n) is 2.00. The second-order valence-electron chi connectivity index (χ2n) is 4.95. The van der Waals surface area contributed by atoms with Gasteiger partial charge in [-0.15, -0.1) is 0 Å². The lowest BCUT2D eigenvalue weighted by Crippen LogP contribution is -2.50. The van der Waals surface area contributed by atoms with Crippen molar-refractivity contribution in [3.63, 3.8) is 0 Å². The number of hydrogen-bond donors (Lipinski definition) is 0. The fourth-order valence-corrected chi connectivity index (χ4v) is 2.72. The minimum Gasteiger partial charge on any atom is -0.273 e. The van der Waals surface area contributed by atoms with Gasteiger partial charge in [-0.25, -0.2) is 0 Å². The molecule has 0 bridgehead atoms. The van der Waals surface area contributed by atoms with Crippen LogP contribution in [0, 0.1) is 0 Å². The first-order valence-electron chi connectivity index (χ1n) is 6.50. The van der Waals surface area contributed by atoms with Crippen LogP contribution < -0.4 is 0 Å². The van der Waals surface area contributed by atoms with Crippen LogP contribution in [0.4, 0.5) is 30.7 Å². The molecular weight excluding hydrogens is 425 g/mol. The summed E-state index contributed by atoms with van der Waals surface area (Å²) in [4.78, 5) is 11.6. The number of aromatic nitrogens is 2. The maximum atomic E-state index is 14.0. The number of hydrogen-bond acceptors (Lipinski definition) is 2. The SMILES string of the molecule is CC(=O)n1nc(C(F)(F)C(F)(F)C(F)(F)F)c(Br)c1-c1ccccc1. The zero-order chi connectivity index (χ0) is 19.2. The highest BCUT2D eigenvalue weighted by molar-refractivity contribution is 9.10. The predicted molar refractivity (Wildman–Crippen MR) is 76.6 cm³/mol. The Morgan fingerprint density at radius 3 is 2.00 bits per heavy atom. The van der Waals surface area contributed by atoms with Gasteiger partial charge in [-0.05, 0) is 15.9 Å². The van der Waals surface area contributed by atoms with E-state index < -0.39 is 34.1 Å². The van der Waals surface area contributed by atoms with Crippen LogP contribution in [0.25, 0.3) is 11.3 Å². The molecule has 0 unspecified atom stereocenters. The molecule has 3 nitrogen and oxygen atoms in total. The largest absolute Gasteiger partial charge is 0.460 e. The van der Waals surface area contributed by atoms with Crippen LogP contribution in [-0.2, 0) is 5.92 Å². The Kier molecular flexibility index (Phi) is 4.75. The topological polar surface area (TPSA) is 34.9 Å². The Hall–Kier alpha value is -1.91. The van der Waals surface area contributed by atoms with Crippen LogP contribution in [0.3, 0.4) is 0 Å². The summed E-state index contributed by atoms with van der Waals surface area (Å²) < 4.78 is 91.2. The van der Waals surface area contributed by atoms with Gasteiger partial charge < -0.3 is 0 Å². The summed E-state index contributed by atoms with van der Waals surface area (Å²) in [6.45, 7) is 0.899. The van der Waals surface area contributed by atoms with Gasteiger partial charge in [-0.3, -0.25) is 4.79 Å². The summed E-state index contributed by atoms with van der Waals surface area (Å²) in [5, 5.41) is 3.03. The molecule has 0 saturated heterocycles. The normalized spacial score (nSPS) is 13.2. The average Bonchev–Trinajstić information content (AvgIpc) is 2.85. The van der Waals surface area contributed by atoms with E-state index in [4.69, 9.17) is 0 Å². The molecule has 0 aliphatic rings. The van der Waals surface area contributed by atoms with Crippen molar-refractivity contribution < 1.29 is 35.5 Å². The second kappa shape index (κ2) is 6.11. The van der Waals surface area contributed by atoms with E-state index >= 15 is 0 Å². The van der Waals surface area contributed by atoms with Crippen molar-refractivity contribution in [2.45, 2.75) is 24.9 Å². The van der Waals surface area contributed by atoms with Gasteiger partial charge >= 0.3 is 18.0 Å². The van der Waals surface area contributed by atoms with Gasteiger partial charge in [0.2, 0.25) is 5.91 Å². The third-order valence-corrected chi connectivity index (χ3v) is 3.97. The van der Waals surface area contributed by atoms with Crippen molar-refractivity contribution in [2.24, 2.45) is 0 Å². The smallest absolute Gasteiger partial charge is 0.273 e. The van der Waals surface area contributed by atoms with E-state index in [1.54, 1.807) is 6.07 Å². The molecule has 0 radical (unpaired) electrons. The van der Waals surface area contributed by atoms with Crippen LogP contribution in [0.1, 0.15) is 17.4 Å². The molecule has 2 aromatic rings. The van der Waals surface area contributed by atoms with E-state index in [-0.39, 0.29) is 11.3 Å². The fraction of sp³-hybridized carbons (Fsp3) is 0.286. The van der Waals surface area contributed by atoms with Crippen molar-refractivity contribution in [3.05, 3.63) is 40.5 Å². The summed E-state index contributed by atoms with van der Waals surface area (Å²) in [5.74, 6) is -13.0. The Bertz CT molecular complexity index is 800. The molecule has 11 heteroatoms. The van der Waals surface area contributed by atoms with E-state index in [0.717, 1.165) is 6.92 Å². The molecule has 25 heavy (non-hydrogen) atoms. The van der Waals surface area contributed by atoms with E-state index in [0.29, 0.717) is 4.68 Å². The van der Waals surface area contributed by atoms with Crippen LogP contribution in [0.5, 0.6) is 0 Å². The van der Waals surface area contributed by atoms with Crippen LogP contribution in [-0.4, -0.2) is 27.8 Å². The maximum Gasteiger partial charge on any atom is 0.460 e. The monoisotopic (exact) mass is 432 g/mol. The molecule has 0 aliphatic carbocycles. The molecule has 0 spiro atoms. The van der Waals surface area contributed by atoms with Crippen LogP contribution in [0.15, 0.2) is 34.8 Å². The van der Waals surface area contributed by atoms with Crippen molar-refractivity contribution in [2.75, 3.05) is 0 Å². The minimum absolute atomic E-state index is 0.120. The highest BCUT2D eigenvalue weighted by Crippen LogP contribution is 2.53. The molecular formula is C14H8BrF7N2O. The Balaban J connectivity index is 2.75. The molecule has 136 valence electrons. The second-order valence-corrected chi connectivity index (χ2v) is 5.75. The van der Waals surface area contributed by atoms with Crippen molar-refractivity contribution >= 4 is 21.8 Å². The average molecular weight is 433 g/mol. The summed E-state index contributed by atoms with van der Waals surface area (Å²) in [7, 11) is 0. The summed E-state index contributed by atoms with van der Waals surface area (Å²) in [6.07, 6.45) is -6.51. The van der Waals surface area contributed by atoms with Gasteiger partial charge in [0.25, 0.3) is 0 Å². The molecule has 0 saturated carbocycles. The molecule has 0 amide bonds. The van der Waals surface area contributed by atoms with Gasteiger partial charge in [0, 0.05) is 12.5 Å². The molecule has 2 rings (SSSR count). The number of carbonyl (C=O) groups is 1. The predicted octanol–water partition coefficient (Wildman–Crippen LogP) is 5.26. The lowest BCUT2D eigenvalue weighted by molar-refractivity contribution is -0.360. The lowest BCUT2D eigenvalue weighted by atomic mass is 10.1. The lowest BCUT2D eigenvalue weighted by Gasteiger charge is -2.27. The standard InChI is InChI=1S/C14H8BrF7N2O/c1-7(25)24-10(8-5-3-2-4-6-8)9(15)11(23-24)12(16,17)13(18,19)14(20,21)22/h2-6H,1H3. The molecule has 0 N–H and O–H groups in total. The Morgan fingerprint density at radius 1 is 1.04 bits per heavy atom. The van der Waals surface area contributed by atoms with Gasteiger partial charge in [0.05, 0.1) is 10.2 Å². The van der Waals surface area contributed by atoms with Crippen molar-refractivity contribution in [3.8, 4) is 11.3 Å². The Labute approximate surface area is 144 Å². The third-order valence-electron chi connectivity index (χ3n) is 3.22. The molecule has 0 aliphatic heterocycles. The Morgan fingerprint density at radius 2 is 1.56 bits per heavy atom. The van der Waals surface area contributed by atoms with Gasteiger partial charge in [-0.1, -0.05) is 30.3 Å². The number of rotatable bonds is 3. The van der Waals surface area contributed by atoms with Crippen molar-refractivity contribution in [1.82, 2.24) is 9.78 Å².